The Bertz CT molecular complexity index is 587. The van der Waals surface area contributed by atoms with Crippen LogP contribution in [0, 0.1) is 5.41 Å². The summed E-state index contributed by atoms with van der Waals surface area (Å²) >= 11 is 0. The molecule has 0 bridgehead atoms. The fourth-order valence-corrected chi connectivity index (χ4v) is 3.44. The molecule has 0 radical (unpaired) electrons. The number of nitrogens with zero attached hydrogens (tertiary/aromatic N) is 1. The Kier molecular flexibility index (Phi) is 4.05. The molecule has 2 heterocycles. The highest BCUT2D eigenvalue weighted by atomic mass is 16.6. The number of hydrogen-bond donors (Lipinski definition) is 2. The fraction of sp³-hybridized carbons (Fsp3) is 0.706. The largest absolute Gasteiger partial charge is 0.446 e. The first kappa shape index (κ1) is 16.8. The third-order valence-corrected chi connectivity index (χ3v) is 4.89. The van der Waals surface area contributed by atoms with Crippen molar-refractivity contribution in [3.8, 4) is 0 Å². The predicted octanol–water partition coefficient (Wildman–Crippen LogP) is 1.29. The van der Waals surface area contributed by atoms with E-state index in [1.807, 2.05) is 32.9 Å². The van der Waals surface area contributed by atoms with Crippen LogP contribution in [0.3, 0.4) is 0 Å². The third-order valence-electron chi connectivity index (χ3n) is 4.89. The first-order valence-electron chi connectivity index (χ1n) is 8.50. The summed E-state index contributed by atoms with van der Waals surface area (Å²) in [5, 5.41) is 5.49. The molecule has 132 valence electrons. The van der Waals surface area contributed by atoms with Crippen molar-refractivity contribution in [1.29, 1.82) is 0 Å². The molecule has 2 fully saturated rings. The topological polar surface area (TPSA) is 97.7 Å². The molecular weight excluding hydrogens is 310 g/mol. The van der Waals surface area contributed by atoms with E-state index in [0.717, 1.165) is 6.42 Å². The van der Waals surface area contributed by atoms with E-state index in [2.05, 4.69) is 10.6 Å². The minimum Gasteiger partial charge on any atom is -0.446 e. The number of carbonyl (C=O) groups is 3. The van der Waals surface area contributed by atoms with Gasteiger partial charge in [-0.3, -0.25) is 9.59 Å². The molecule has 2 N–H and O–H groups in total. The van der Waals surface area contributed by atoms with Crippen LogP contribution in [0.15, 0.2) is 12.2 Å². The van der Waals surface area contributed by atoms with Gasteiger partial charge in [-0.1, -0.05) is 32.9 Å². The van der Waals surface area contributed by atoms with E-state index in [9.17, 15) is 14.4 Å². The zero-order valence-corrected chi connectivity index (χ0v) is 14.4. The van der Waals surface area contributed by atoms with Crippen LogP contribution in [0.5, 0.6) is 0 Å². The molecule has 3 aliphatic rings. The zero-order valence-electron chi connectivity index (χ0n) is 14.4. The Morgan fingerprint density at radius 1 is 1.38 bits per heavy atom. The summed E-state index contributed by atoms with van der Waals surface area (Å²) in [5.74, 6) is -0.347. The standard InChI is InChI=1S/C17H25N3O4/c1-16(2,3)12(18-15(23)24-11-7-4-5-8-11)13(21)20-10-6-9-17(20)14(22)19-17/h4-5,11-12H,6-10H2,1-3H3,(H,18,23)(H,19,22). The van der Waals surface area contributed by atoms with Gasteiger partial charge in [-0.05, 0) is 11.8 Å². The van der Waals surface area contributed by atoms with Crippen molar-refractivity contribution in [2.45, 2.75) is 64.3 Å². The van der Waals surface area contributed by atoms with Crippen LogP contribution in [0.4, 0.5) is 4.79 Å². The molecule has 2 atom stereocenters. The number of amides is 3. The lowest BCUT2D eigenvalue weighted by molar-refractivity contribution is -0.139. The SMILES string of the molecule is CC(C)(C)C(NC(=O)OC1CC=CC1)C(=O)N1CCCC12NC2=O. The highest BCUT2D eigenvalue weighted by Crippen LogP contribution is 2.37. The summed E-state index contributed by atoms with van der Waals surface area (Å²) in [6.45, 7) is 6.18. The number of hydrogen-bond acceptors (Lipinski definition) is 4. The number of rotatable bonds is 3. The van der Waals surface area contributed by atoms with E-state index in [1.165, 1.54) is 0 Å². The number of alkyl carbamates (subject to hydrolysis) is 1. The average molecular weight is 335 g/mol. The molecule has 2 unspecified atom stereocenters. The molecule has 2 saturated heterocycles. The number of ether oxygens (including phenoxy) is 1. The van der Waals surface area contributed by atoms with Crippen molar-refractivity contribution >= 4 is 17.9 Å². The maximum atomic E-state index is 13.0. The van der Waals surface area contributed by atoms with Crippen LogP contribution in [-0.4, -0.2) is 47.2 Å². The van der Waals surface area contributed by atoms with Gasteiger partial charge in [-0.15, -0.1) is 0 Å². The summed E-state index contributed by atoms with van der Waals surface area (Å²) < 4.78 is 5.37. The van der Waals surface area contributed by atoms with Gasteiger partial charge < -0.3 is 20.3 Å². The molecule has 0 aromatic heterocycles. The van der Waals surface area contributed by atoms with Crippen LogP contribution < -0.4 is 10.6 Å². The van der Waals surface area contributed by atoms with Gasteiger partial charge in [0, 0.05) is 25.8 Å². The highest BCUT2D eigenvalue weighted by molar-refractivity contribution is 6.05. The Morgan fingerprint density at radius 2 is 2.00 bits per heavy atom. The second-order valence-corrected chi connectivity index (χ2v) is 7.82. The molecule has 0 aromatic carbocycles. The van der Waals surface area contributed by atoms with E-state index in [4.69, 9.17) is 4.74 Å². The lowest BCUT2D eigenvalue weighted by atomic mass is 9.85. The lowest BCUT2D eigenvalue weighted by Crippen LogP contribution is -2.57. The van der Waals surface area contributed by atoms with Gasteiger partial charge >= 0.3 is 6.09 Å². The van der Waals surface area contributed by atoms with E-state index in [0.29, 0.717) is 25.8 Å². The molecular formula is C17H25N3O4. The van der Waals surface area contributed by atoms with E-state index in [1.54, 1.807) is 4.90 Å². The molecule has 0 saturated carbocycles. The molecule has 2 aliphatic heterocycles. The van der Waals surface area contributed by atoms with Gasteiger partial charge in [0.15, 0.2) is 5.66 Å². The van der Waals surface area contributed by atoms with E-state index >= 15 is 0 Å². The monoisotopic (exact) mass is 335 g/mol. The number of carbonyl (C=O) groups excluding carboxylic acids is 3. The van der Waals surface area contributed by atoms with Crippen molar-refractivity contribution in [2.24, 2.45) is 5.41 Å². The summed E-state index contributed by atoms with van der Waals surface area (Å²) in [7, 11) is 0. The normalized spacial score (nSPS) is 27.3. The van der Waals surface area contributed by atoms with Crippen LogP contribution in [0.25, 0.3) is 0 Å². The summed E-state index contributed by atoms with van der Waals surface area (Å²) in [6, 6.07) is -0.746. The Morgan fingerprint density at radius 3 is 2.54 bits per heavy atom. The summed E-state index contributed by atoms with van der Waals surface area (Å²) in [6.07, 6.45) is 6.02. The maximum absolute atomic E-state index is 13.0. The van der Waals surface area contributed by atoms with Gasteiger partial charge in [0.05, 0.1) is 0 Å². The third kappa shape index (κ3) is 2.99. The Balaban J connectivity index is 1.68. The van der Waals surface area contributed by atoms with Gasteiger partial charge in [0.25, 0.3) is 5.91 Å². The molecule has 7 nitrogen and oxygen atoms in total. The van der Waals surface area contributed by atoms with E-state index < -0.39 is 23.2 Å². The van der Waals surface area contributed by atoms with Crippen molar-refractivity contribution in [1.82, 2.24) is 15.5 Å². The lowest BCUT2D eigenvalue weighted by Gasteiger charge is -2.34. The first-order valence-corrected chi connectivity index (χ1v) is 8.50. The number of nitrogens with one attached hydrogen (secondary N) is 2. The van der Waals surface area contributed by atoms with Crippen LogP contribution in [-0.2, 0) is 14.3 Å². The molecule has 1 aliphatic carbocycles. The molecule has 3 amide bonds. The number of likely N-dealkylation sites (tertiary alicyclic amines) is 1. The van der Waals surface area contributed by atoms with Crippen LogP contribution in [0.2, 0.25) is 0 Å². The molecule has 1 spiro atoms. The van der Waals surface area contributed by atoms with Crippen molar-refractivity contribution < 1.29 is 19.1 Å². The summed E-state index contributed by atoms with van der Waals surface area (Å²) in [4.78, 5) is 38.5. The van der Waals surface area contributed by atoms with Crippen molar-refractivity contribution in [3.63, 3.8) is 0 Å². The molecule has 0 aromatic rings. The van der Waals surface area contributed by atoms with Gasteiger partial charge in [0.1, 0.15) is 12.1 Å². The second-order valence-electron chi connectivity index (χ2n) is 7.82. The second kappa shape index (κ2) is 5.79. The quantitative estimate of drug-likeness (QED) is 0.600. The Hall–Kier alpha value is -2.05. The van der Waals surface area contributed by atoms with E-state index in [-0.39, 0.29) is 17.9 Å². The molecule has 24 heavy (non-hydrogen) atoms. The first-order chi connectivity index (χ1) is 11.2. The zero-order chi connectivity index (χ0) is 17.5. The van der Waals surface area contributed by atoms with Gasteiger partial charge in [-0.2, -0.15) is 0 Å². The van der Waals surface area contributed by atoms with Gasteiger partial charge in [0.2, 0.25) is 5.91 Å². The van der Waals surface area contributed by atoms with Crippen LogP contribution >= 0.6 is 0 Å². The molecule has 7 heteroatoms. The summed E-state index contributed by atoms with van der Waals surface area (Å²) in [5.41, 5.74) is -1.33. The Labute approximate surface area is 141 Å². The highest BCUT2D eigenvalue weighted by Gasteiger charge is 2.63. The average Bonchev–Trinajstić information content (AvgIpc) is 2.87. The minimum absolute atomic E-state index is 0.111. The van der Waals surface area contributed by atoms with Crippen molar-refractivity contribution in [2.75, 3.05) is 6.54 Å². The maximum Gasteiger partial charge on any atom is 0.408 e. The minimum atomic E-state index is -0.832. The van der Waals surface area contributed by atoms with Gasteiger partial charge in [-0.25, -0.2) is 4.79 Å². The fourth-order valence-electron chi connectivity index (χ4n) is 3.44. The predicted molar refractivity (Wildman–Crippen MR) is 86.8 cm³/mol. The molecule has 3 rings (SSSR count). The van der Waals surface area contributed by atoms with Crippen molar-refractivity contribution in [3.05, 3.63) is 12.2 Å². The van der Waals surface area contributed by atoms with Crippen LogP contribution in [0.1, 0.15) is 46.5 Å². The smallest absolute Gasteiger partial charge is 0.408 e.